The first-order chi connectivity index (χ1) is 9.15. The highest BCUT2D eigenvalue weighted by Gasteiger charge is 2.12. The van der Waals surface area contributed by atoms with Crippen LogP contribution in [0.1, 0.15) is 15.9 Å². The molecule has 0 saturated carbocycles. The van der Waals surface area contributed by atoms with E-state index in [1.165, 1.54) is 0 Å². The second-order valence-corrected chi connectivity index (χ2v) is 4.72. The van der Waals surface area contributed by atoms with Gasteiger partial charge in [-0.25, -0.2) is 4.79 Å². The molecule has 1 aliphatic rings. The number of carbonyl (C=O) groups excluding carboxylic acids is 1. The molecule has 0 unspecified atom stereocenters. The van der Waals surface area contributed by atoms with Crippen LogP contribution < -0.4 is 5.73 Å². The second kappa shape index (κ2) is 6.54. The van der Waals surface area contributed by atoms with Gasteiger partial charge >= 0.3 is 5.97 Å². The lowest BCUT2D eigenvalue weighted by molar-refractivity contribution is 0.0195. The van der Waals surface area contributed by atoms with Gasteiger partial charge in [0.05, 0.1) is 18.8 Å². The zero-order chi connectivity index (χ0) is 13.7. The summed E-state index contributed by atoms with van der Waals surface area (Å²) >= 11 is 0. The summed E-state index contributed by atoms with van der Waals surface area (Å²) in [5, 5.41) is 0. The fourth-order valence-electron chi connectivity index (χ4n) is 2.11. The molecule has 2 rings (SSSR count). The smallest absolute Gasteiger partial charge is 0.338 e. The Bertz CT molecular complexity index is 422. The number of hydrogen-bond donors (Lipinski definition) is 1. The zero-order valence-electron chi connectivity index (χ0n) is 11.2. The third kappa shape index (κ3) is 4.22. The van der Waals surface area contributed by atoms with Gasteiger partial charge in [-0.1, -0.05) is 0 Å². The monoisotopic (exact) mass is 264 g/mol. The molecule has 0 bridgehead atoms. The van der Waals surface area contributed by atoms with E-state index in [0.29, 0.717) is 17.9 Å². The number of anilines is 1. The average Bonchev–Trinajstić information content (AvgIpc) is 2.38. The summed E-state index contributed by atoms with van der Waals surface area (Å²) in [5.74, 6) is -0.316. The van der Waals surface area contributed by atoms with Gasteiger partial charge in [-0.05, 0) is 30.7 Å². The number of ether oxygens (including phenoxy) is 2. The van der Waals surface area contributed by atoms with Crippen molar-refractivity contribution in [2.45, 2.75) is 6.92 Å². The number of nitrogens with zero attached hydrogens (tertiary/aromatic N) is 1. The molecule has 1 heterocycles. The maximum Gasteiger partial charge on any atom is 0.338 e. The molecule has 5 nitrogen and oxygen atoms in total. The van der Waals surface area contributed by atoms with Gasteiger partial charge in [-0.2, -0.15) is 0 Å². The molecule has 1 aliphatic heterocycles. The Morgan fingerprint density at radius 1 is 1.37 bits per heavy atom. The lowest BCUT2D eigenvalue weighted by atomic mass is 10.1. The summed E-state index contributed by atoms with van der Waals surface area (Å²) in [5.41, 5.74) is 7.77. The van der Waals surface area contributed by atoms with Crippen molar-refractivity contribution in [3.8, 4) is 0 Å². The number of benzene rings is 1. The number of nitrogen functional groups attached to an aromatic ring is 1. The number of hydrogen-bond acceptors (Lipinski definition) is 5. The predicted molar refractivity (Wildman–Crippen MR) is 73.1 cm³/mol. The van der Waals surface area contributed by atoms with Crippen LogP contribution in [0.5, 0.6) is 0 Å². The molecule has 0 atom stereocenters. The standard InChI is InChI=1S/C14H20N2O3/c1-11-8-12(10-13(15)9-11)14(17)19-7-4-16-2-5-18-6-3-16/h8-10H,2-7,15H2,1H3. The minimum Gasteiger partial charge on any atom is -0.461 e. The summed E-state index contributed by atoms with van der Waals surface area (Å²) < 4.78 is 10.5. The van der Waals surface area contributed by atoms with Crippen LogP contribution in [0.3, 0.4) is 0 Å². The quantitative estimate of drug-likeness (QED) is 0.651. The fraction of sp³-hybridized carbons (Fsp3) is 0.500. The molecule has 104 valence electrons. The normalized spacial score (nSPS) is 16.3. The van der Waals surface area contributed by atoms with Gasteiger partial charge in [0.1, 0.15) is 6.61 Å². The lowest BCUT2D eigenvalue weighted by Crippen LogP contribution is -2.38. The maximum absolute atomic E-state index is 11.9. The molecule has 19 heavy (non-hydrogen) atoms. The lowest BCUT2D eigenvalue weighted by Gasteiger charge is -2.26. The molecule has 0 aliphatic carbocycles. The second-order valence-electron chi connectivity index (χ2n) is 4.72. The Morgan fingerprint density at radius 3 is 2.79 bits per heavy atom. The van der Waals surface area contributed by atoms with Gasteiger partial charge in [0.2, 0.25) is 0 Å². The van der Waals surface area contributed by atoms with Gasteiger partial charge in [0, 0.05) is 25.3 Å². The van der Waals surface area contributed by atoms with Crippen molar-refractivity contribution in [2.24, 2.45) is 0 Å². The van der Waals surface area contributed by atoms with Crippen LogP contribution in [0.25, 0.3) is 0 Å². The van der Waals surface area contributed by atoms with Crippen LogP contribution in [0.15, 0.2) is 18.2 Å². The molecule has 0 spiro atoms. The highest BCUT2D eigenvalue weighted by Crippen LogP contribution is 2.12. The summed E-state index contributed by atoms with van der Waals surface area (Å²) in [6.07, 6.45) is 0. The van der Waals surface area contributed by atoms with Crippen molar-refractivity contribution in [2.75, 3.05) is 45.2 Å². The van der Waals surface area contributed by atoms with E-state index in [1.807, 2.05) is 13.0 Å². The molecule has 1 fully saturated rings. The Morgan fingerprint density at radius 2 is 2.11 bits per heavy atom. The first-order valence-corrected chi connectivity index (χ1v) is 6.49. The van der Waals surface area contributed by atoms with Crippen LogP contribution >= 0.6 is 0 Å². The topological polar surface area (TPSA) is 64.8 Å². The average molecular weight is 264 g/mol. The Kier molecular flexibility index (Phi) is 4.76. The van der Waals surface area contributed by atoms with Crippen LogP contribution in [0, 0.1) is 6.92 Å². The maximum atomic E-state index is 11.9. The number of esters is 1. The van der Waals surface area contributed by atoms with Crippen molar-refractivity contribution in [3.05, 3.63) is 29.3 Å². The largest absolute Gasteiger partial charge is 0.461 e. The van der Waals surface area contributed by atoms with Gasteiger partial charge < -0.3 is 15.2 Å². The number of carbonyl (C=O) groups is 1. The molecular weight excluding hydrogens is 244 g/mol. The number of rotatable bonds is 4. The van der Waals surface area contributed by atoms with Crippen molar-refractivity contribution in [3.63, 3.8) is 0 Å². The molecule has 1 aromatic carbocycles. The third-order valence-corrected chi connectivity index (χ3v) is 3.08. The first-order valence-electron chi connectivity index (χ1n) is 6.49. The summed E-state index contributed by atoms with van der Waals surface area (Å²) in [4.78, 5) is 14.1. The van der Waals surface area contributed by atoms with Gasteiger partial charge in [0.25, 0.3) is 0 Å². The molecule has 0 amide bonds. The Balaban J connectivity index is 1.80. The van der Waals surface area contributed by atoms with E-state index >= 15 is 0 Å². The van der Waals surface area contributed by atoms with Gasteiger partial charge in [-0.15, -0.1) is 0 Å². The van der Waals surface area contributed by atoms with E-state index in [-0.39, 0.29) is 5.97 Å². The summed E-state index contributed by atoms with van der Waals surface area (Å²) in [7, 11) is 0. The van der Waals surface area contributed by atoms with Gasteiger partial charge in [0.15, 0.2) is 0 Å². The molecule has 5 heteroatoms. The minimum absolute atomic E-state index is 0.316. The summed E-state index contributed by atoms with van der Waals surface area (Å²) in [6, 6.07) is 5.25. The van der Waals surface area contributed by atoms with Crippen LogP contribution in [-0.4, -0.2) is 50.3 Å². The van der Waals surface area contributed by atoms with E-state index in [4.69, 9.17) is 15.2 Å². The number of morpholine rings is 1. The van der Waals surface area contributed by atoms with Crippen molar-refractivity contribution >= 4 is 11.7 Å². The summed E-state index contributed by atoms with van der Waals surface area (Å²) in [6.45, 7) is 6.35. The minimum atomic E-state index is -0.316. The molecule has 0 radical (unpaired) electrons. The van der Waals surface area contributed by atoms with Crippen molar-refractivity contribution in [1.82, 2.24) is 4.90 Å². The SMILES string of the molecule is Cc1cc(N)cc(C(=O)OCCN2CCOCC2)c1. The molecular formula is C14H20N2O3. The first kappa shape index (κ1) is 13.8. The highest BCUT2D eigenvalue weighted by atomic mass is 16.5. The van der Waals surface area contributed by atoms with Crippen molar-refractivity contribution in [1.29, 1.82) is 0 Å². The molecule has 1 saturated heterocycles. The van der Waals surface area contributed by atoms with Crippen LogP contribution in [0.2, 0.25) is 0 Å². The van der Waals surface area contributed by atoms with Gasteiger partial charge in [-0.3, -0.25) is 4.90 Å². The highest BCUT2D eigenvalue weighted by molar-refractivity contribution is 5.90. The predicted octanol–water partition coefficient (Wildman–Crippen LogP) is 1.07. The van der Waals surface area contributed by atoms with E-state index in [0.717, 1.165) is 38.4 Å². The van der Waals surface area contributed by atoms with Crippen LogP contribution in [0.4, 0.5) is 5.69 Å². The number of aryl methyl sites for hydroxylation is 1. The zero-order valence-corrected chi connectivity index (χ0v) is 11.2. The molecule has 1 aromatic rings. The van der Waals surface area contributed by atoms with Crippen molar-refractivity contribution < 1.29 is 14.3 Å². The Labute approximate surface area is 113 Å². The van der Waals surface area contributed by atoms with E-state index in [1.54, 1.807) is 12.1 Å². The van der Waals surface area contributed by atoms with E-state index in [2.05, 4.69) is 4.90 Å². The number of nitrogens with two attached hydrogens (primary N) is 1. The molecule has 2 N–H and O–H groups in total. The molecule has 0 aromatic heterocycles. The third-order valence-electron chi connectivity index (χ3n) is 3.08. The van der Waals surface area contributed by atoms with Crippen LogP contribution in [-0.2, 0) is 9.47 Å². The Hall–Kier alpha value is -1.59. The van der Waals surface area contributed by atoms with E-state index in [9.17, 15) is 4.79 Å². The fourth-order valence-corrected chi connectivity index (χ4v) is 2.11. The van der Waals surface area contributed by atoms with E-state index < -0.39 is 0 Å².